The Morgan fingerprint density at radius 3 is 2.39 bits per heavy atom. The number of nitrogens with one attached hydrogen (secondary N) is 2. The van der Waals surface area contributed by atoms with E-state index < -0.39 is 12.1 Å². The Labute approximate surface area is 226 Å². The summed E-state index contributed by atoms with van der Waals surface area (Å²) in [6, 6.07) is 16.4. The summed E-state index contributed by atoms with van der Waals surface area (Å²) >= 11 is 0. The van der Waals surface area contributed by atoms with Crippen LogP contribution in [0, 0.1) is 17.1 Å². The summed E-state index contributed by atoms with van der Waals surface area (Å²) in [5, 5.41) is 26.8. The number of hydrogen-bond acceptors (Lipinski definition) is 4. The normalized spacial score (nSPS) is 18.9. The van der Waals surface area contributed by atoms with Crippen molar-refractivity contribution < 1.29 is 18.7 Å². The summed E-state index contributed by atoms with van der Waals surface area (Å²) in [7, 11) is 0.500. The number of aliphatic hydroxyl groups is 1. The number of allylic oxidation sites excluding steroid dienone is 2. The SMILES string of the molecule is CC(=O)NC(Cc1cccc(F)c1)C(O)CNC1(c2cccc(C(C)(C)C)c2)CCC(=CC#N)CC1.CF. The van der Waals surface area contributed by atoms with Crippen LogP contribution in [-0.2, 0) is 22.2 Å². The standard InChI is InChI=1S/C30H38FN3O2.CH3F/c1-21(35)34-27(18-23-7-5-10-26(31)17-23)28(36)20-33-30(14-11-22(12-15-30)13-16-32)25-9-6-8-24(19-25)29(2,3)4;1-2/h5-10,13,17,19,27-28,33,36H,11-12,14-15,18,20H2,1-4H3,(H,34,35);1H3. The molecule has 2 aromatic carbocycles. The third-order valence-corrected chi connectivity index (χ3v) is 7.14. The van der Waals surface area contributed by atoms with Crippen molar-refractivity contribution in [1.82, 2.24) is 10.6 Å². The second-order valence-electron chi connectivity index (χ2n) is 10.9. The predicted octanol–water partition coefficient (Wildman–Crippen LogP) is 5.63. The zero-order valence-electron chi connectivity index (χ0n) is 23.2. The van der Waals surface area contributed by atoms with E-state index in [1.807, 2.05) is 0 Å². The van der Waals surface area contributed by atoms with Crippen molar-refractivity contribution in [3.63, 3.8) is 0 Å². The van der Waals surface area contributed by atoms with Gasteiger partial charge in [0.05, 0.1) is 25.4 Å². The van der Waals surface area contributed by atoms with E-state index in [0.29, 0.717) is 19.2 Å². The molecule has 0 aliphatic heterocycles. The molecule has 38 heavy (non-hydrogen) atoms. The Balaban J connectivity index is 0.00000247. The lowest BCUT2D eigenvalue weighted by molar-refractivity contribution is -0.120. The number of rotatable bonds is 8. The third kappa shape index (κ3) is 8.75. The topological polar surface area (TPSA) is 85.2 Å². The summed E-state index contributed by atoms with van der Waals surface area (Å²) in [6.07, 6.45) is 4.29. The quantitative estimate of drug-likeness (QED) is 0.390. The Morgan fingerprint density at radius 2 is 1.82 bits per heavy atom. The van der Waals surface area contributed by atoms with Crippen molar-refractivity contribution in [3.8, 4) is 6.07 Å². The van der Waals surface area contributed by atoms with Crippen molar-refractivity contribution >= 4 is 5.91 Å². The lowest BCUT2D eigenvalue weighted by atomic mass is 9.73. The molecule has 0 spiro atoms. The average molecular weight is 526 g/mol. The van der Waals surface area contributed by atoms with Gasteiger partial charge in [-0.2, -0.15) is 5.26 Å². The molecule has 1 aliphatic rings. The van der Waals surface area contributed by atoms with E-state index in [2.05, 4.69) is 61.7 Å². The molecule has 0 bridgehead atoms. The fourth-order valence-electron chi connectivity index (χ4n) is 4.99. The van der Waals surface area contributed by atoms with Crippen molar-refractivity contribution in [3.05, 3.63) is 82.7 Å². The molecule has 1 fully saturated rings. The molecule has 0 aromatic heterocycles. The number of nitriles is 1. The number of alkyl halides is 1. The number of nitrogens with zero attached hydrogens (tertiary/aromatic N) is 1. The Bertz CT molecular complexity index is 1120. The predicted molar refractivity (Wildman–Crippen MR) is 148 cm³/mol. The highest BCUT2D eigenvalue weighted by atomic mass is 19.1. The number of halogens is 2. The smallest absolute Gasteiger partial charge is 0.217 e. The van der Waals surface area contributed by atoms with Crippen LogP contribution in [0.1, 0.15) is 70.1 Å². The fourth-order valence-corrected chi connectivity index (χ4v) is 4.99. The highest BCUT2D eigenvalue weighted by Crippen LogP contribution is 2.40. The first kappa shape index (κ1) is 31.1. The minimum Gasteiger partial charge on any atom is -0.390 e. The molecule has 2 aromatic rings. The van der Waals surface area contributed by atoms with Crippen LogP contribution < -0.4 is 10.6 Å². The molecule has 2 unspecified atom stereocenters. The van der Waals surface area contributed by atoms with Crippen molar-refractivity contribution in [2.24, 2.45) is 0 Å². The largest absolute Gasteiger partial charge is 0.390 e. The maximum Gasteiger partial charge on any atom is 0.217 e. The van der Waals surface area contributed by atoms with Gasteiger partial charge >= 0.3 is 0 Å². The van der Waals surface area contributed by atoms with Gasteiger partial charge in [-0.15, -0.1) is 0 Å². The minimum atomic E-state index is -0.879. The number of carbonyl (C=O) groups excluding carboxylic acids is 1. The molecule has 5 nitrogen and oxygen atoms in total. The van der Waals surface area contributed by atoms with Crippen LogP contribution in [0.15, 0.2) is 60.2 Å². The van der Waals surface area contributed by atoms with Gasteiger partial charge in [0.2, 0.25) is 5.91 Å². The molecular formula is C31H41F2N3O2. The van der Waals surface area contributed by atoms with E-state index >= 15 is 0 Å². The maximum atomic E-state index is 13.7. The number of benzene rings is 2. The number of amides is 1. The molecule has 1 amide bonds. The molecular weight excluding hydrogens is 484 g/mol. The summed E-state index contributed by atoms with van der Waals surface area (Å²) in [5.74, 6) is -0.588. The molecule has 1 saturated carbocycles. The Morgan fingerprint density at radius 1 is 1.16 bits per heavy atom. The van der Waals surface area contributed by atoms with Crippen LogP contribution in [0.25, 0.3) is 0 Å². The van der Waals surface area contributed by atoms with Crippen LogP contribution in [0.2, 0.25) is 0 Å². The number of aliphatic hydroxyl groups excluding tert-OH is 1. The zero-order chi connectivity index (χ0) is 28.3. The summed E-state index contributed by atoms with van der Waals surface area (Å²) in [6.45, 7) is 8.25. The van der Waals surface area contributed by atoms with E-state index in [0.717, 1.165) is 31.3 Å². The van der Waals surface area contributed by atoms with E-state index in [1.165, 1.54) is 30.2 Å². The van der Waals surface area contributed by atoms with Crippen LogP contribution >= 0.6 is 0 Å². The molecule has 1 aliphatic carbocycles. The first-order chi connectivity index (χ1) is 18.0. The van der Waals surface area contributed by atoms with Gasteiger partial charge in [-0.05, 0) is 66.3 Å². The highest BCUT2D eigenvalue weighted by molar-refractivity contribution is 5.73. The van der Waals surface area contributed by atoms with Gasteiger partial charge in [0.15, 0.2) is 0 Å². The molecule has 3 N–H and O–H groups in total. The van der Waals surface area contributed by atoms with Crippen LogP contribution in [0.5, 0.6) is 0 Å². The van der Waals surface area contributed by atoms with E-state index in [9.17, 15) is 18.7 Å². The van der Waals surface area contributed by atoms with Gasteiger partial charge in [-0.1, -0.05) is 62.7 Å². The molecule has 2 atom stereocenters. The van der Waals surface area contributed by atoms with Crippen LogP contribution in [-0.4, -0.2) is 36.9 Å². The maximum absolute atomic E-state index is 13.7. The van der Waals surface area contributed by atoms with Crippen molar-refractivity contribution in [2.45, 2.75) is 82.9 Å². The Kier molecular flexibility index (Phi) is 11.6. The first-order valence-electron chi connectivity index (χ1n) is 13.0. The summed E-state index contributed by atoms with van der Waals surface area (Å²) < 4.78 is 23.2. The summed E-state index contributed by atoms with van der Waals surface area (Å²) in [4.78, 5) is 11.9. The van der Waals surface area contributed by atoms with E-state index in [-0.39, 0.29) is 29.2 Å². The third-order valence-electron chi connectivity index (χ3n) is 7.14. The van der Waals surface area contributed by atoms with Crippen LogP contribution in [0.3, 0.4) is 0 Å². The van der Waals surface area contributed by atoms with Crippen molar-refractivity contribution in [2.75, 3.05) is 13.7 Å². The first-order valence-corrected chi connectivity index (χ1v) is 13.0. The lowest BCUT2D eigenvalue weighted by Gasteiger charge is -2.41. The second kappa shape index (κ2) is 14.2. The summed E-state index contributed by atoms with van der Waals surface area (Å²) in [5.41, 5.74) is 3.89. The molecule has 0 saturated heterocycles. The van der Waals surface area contributed by atoms with Crippen molar-refractivity contribution in [1.29, 1.82) is 5.26 Å². The molecule has 0 radical (unpaired) electrons. The molecule has 7 heteroatoms. The number of hydrogen-bond donors (Lipinski definition) is 3. The number of carbonyl (C=O) groups is 1. The average Bonchev–Trinajstić information content (AvgIpc) is 2.88. The monoisotopic (exact) mass is 525 g/mol. The zero-order valence-corrected chi connectivity index (χ0v) is 23.2. The fraction of sp³-hybridized carbons (Fsp3) is 0.484. The highest BCUT2D eigenvalue weighted by Gasteiger charge is 2.36. The second-order valence-corrected chi connectivity index (χ2v) is 10.9. The van der Waals surface area contributed by atoms with Gasteiger partial charge in [0.1, 0.15) is 5.82 Å². The molecule has 0 heterocycles. The van der Waals surface area contributed by atoms with Gasteiger partial charge in [0.25, 0.3) is 0 Å². The Hall–Kier alpha value is -3.08. The van der Waals surface area contributed by atoms with Crippen LogP contribution in [0.4, 0.5) is 8.78 Å². The van der Waals surface area contributed by atoms with Gasteiger partial charge in [-0.3, -0.25) is 9.18 Å². The van der Waals surface area contributed by atoms with Gasteiger partial charge < -0.3 is 15.7 Å². The van der Waals surface area contributed by atoms with E-state index in [1.54, 1.807) is 18.2 Å². The minimum absolute atomic E-state index is 0.00128. The molecule has 3 rings (SSSR count). The van der Waals surface area contributed by atoms with Gasteiger partial charge in [0, 0.05) is 25.1 Å². The lowest BCUT2D eigenvalue weighted by Crippen LogP contribution is -2.53. The van der Waals surface area contributed by atoms with Gasteiger partial charge in [-0.25, -0.2) is 4.39 Å². The van der Waals surface area contributed by atoms with E-state index in [4.69, 9.17) is 5.26 Å². The molecule has 206 valence electrons.